The van der Waals surface area contributed by atoms with Gasteiger partial charge in [-0.3, -0.25) is 9.89 Å². The number of hydrogen-bond acceptors (Lipinski definition) is 2. The Morgan fingerprint density at radius 1 is 1.41 bits per heavy atom. The summed E-state index contributed by atoms with van der Waals surface area (Å²) in [6.07, 6.45) is -3.24. The van der Waals surface area contributed by atoms with Crippen LogP contribution in [0.2, 0.25) is 0 Å². The Morgan fingerprint density at radius 3 is 2.88 bits per heavy atom. The van der Waals surface area contributed by atoms with Crippen molar-refractivity contribution in [2.45, 2.75) is 12.7 Å². The smallest absolute Gasteiger partial charge is 0.344 e. The topological polar surface area (TPSA) is 57.8 Å². The van der Waals surface area contributed by atoms with E-state index in [0.29, 0.717) is 11.1 Å². The van der Waals surface area contributed by atoms with Crippen LogP contribution in [0.1, 0.15) is 5.56 Å². The van der Waals surface area contributed by atoms with Crippen molar-refractivity contribution in [2.24, 2.45) is 0 Å². The maximum absolute atomic E-state index is 11.9. The molecule has 0 saturated heterocycles. The van der Waals surface area contributed by atoms with Crippen LogP contribution in [0.3, 0.4) is 0 Å². The summed E-state index contributed by atoms with van der Waals surface area (Å²) in [5.74, 6) is -1.94. The van der Waals surface area contributed by atoms with Crippen molar-refractivity contribution in [1.82, 2.24) is 15.5 Å². The van der Waals surface area contributed by atoms with Crippen LogP contribution in [0, 0.1) is 0 Å². The molecule has 17 heavy (non-hydrogen) atoms. The van der Waals surface area contributed by atoms with Crippen molar-refractivity contribution < 1.29 is 18.0 Å². The van der Waals surface area contributed by atoms with Crippen molar-refractivity contribution in [2.75, 3.05) is 0 Å². The standard InChI is InChI=1S/C10H8F3N3O/c11-10(12,13)9(17)14-4-6-1-2-7-5-15-16-8(7)3-6/h1-3,5H,4H2,(H,14,17)(H,15,16). The lowest BCUT2D eigenvalue weighted by Crippen LogP contribution is -2.36. The summed E-state index contributed by atoms with van der Waals surface area (Å²) in [4.78, 5) is 10.6. The predicted octanol–water partition coefficient (Wildman–Crippen LogP) is 1.74. The van der Waals surface area contributed by atoms with Gasteiger partial charge in [0.15, 0.2) is 0 Å². The second-order valence-electron chi connectivity index (χ2n) is 3.47. The third-order valence-electron chi connectivity index (χ3n) is 2.22. The predicted molar refractivity (Wildman–Crippen MR) is 54.0 cm³/mol. The van der Waals surface area contributed by atoms with Gasteiger partial charge >= 0.3 is 12.1 Å². The van der Waals surface area contributed by atoms with Crippen LogP contribution in [0.4, 0.5) is 13.2 Å². The average Bonchev–Trinajstić information content (AvgIpc) is 2.71. The molecule has 0 spiro atoms. The number of aromatic nitrogens is 2. The van der Waals surface area contributed by atoms with E-state index < -0.39 is 12.1 Å². The molecule has 2 aromatic rings. The molecule has 0 aliphatic rings. The molecule has 0 aliphatic carbocycles. The maximum Gasteiger partial charge on any atom is 0.471 e. The summed E-state index contributed by atoms with van der Waals surface area (Å²) in [5.41, 5.74) is 1.28. The van der Waals surface area contributed by atoms with Gasteiger partial charge in [0.25, 0.3) is 0 Å². The molecule has 1 amide bonds. The molecule has 90 valence electrons. The SMILES string of the molecule is O=C(NCc1ccc2cn[nH]c2c1)C(F)(F)F. The molecule has 0 bridgehead atoms. The third kappa shape index (κ3) is 2.55. The number of rotatable bonds is 2. The first kappa shape index (κ1) is 11.4. The largest absolute Gasteiger partial charge is 0.471 e. The quantitative estimate of drug-likeness (QED) is 0.844. The highest BCUT2D eigenvalue weighted by Crippen LogP contribution is 2.16. The van der Waals surface area contributed by atoms with Crippen molar-refractivity contribution in [1.29, 1.82) is 0 Å². The Balaban J connectivity index is 2.06. The fourth-order valence-electron chi connectivity index (χ4n) is 1.38. The molecule has 0 saturated carbocycles. The van der Waals surface area contributed by atoms with Gasteiger partial charge < -0.3 is 5.32 Å². The second-order valence-corrected chi connectivity index (χ2v) is 3.47. The number of halogens is 3. The van der Waals surface area contributed by atoms with Crippen LogP contribution in [0.15, 0.2) is 24.4 Å². The van der Waals surface area contributed by atoms with Gasteiger partial charge in [0.2, 0.25) is 0 Å². The number of benzene rings is 1. The molecule has 1 aromatic carbocycles. The van der Waals surface area contributed by atoms with Gasteiger partial charge in [0, 0.05) is 11.9 Å². The number of aromatic amines is 1. The van der Waals surface area contributed by atoms with E-state index >= 15 is 0 Å². The number of carbonyl (C=O) groups is 1. The van der Waals surface area contributed by atoms with E-state index in [-0.39, 0.29) is 6.54 Å². The highest BCUT2D eigenvalue weighted by atomic mass is 19.4. The first-order valence-corrected chi connectivity index (χ1v) is 4.74. The number of nitrogens with one attached hydrogen (secondary N) is 2. The van der Waals surface area contributed by atoms with Gasteiger partial charge in [-0.05, 0) is 11.6 Å². The fourth-order valence-corrected chi connectivity index (χ4v) is 1.38. The Hall–Kier alpha value is -2.05. The number of amides is 1. The summed E-state index contributed by atoms with van der Waals surface area (Å²) < 4.78 is 35.8. The number of H-pyrrole nitrogens is 1. The lowest BCUT2D eigenvalue weighted by molar-refractivity contribution is -0.173. The minimum Gasteiger partial charge on any atom is -0.344 e. The number of carbonyl (C=O) groups excluding carboxylic acids is 1. The molecule has 2 N–H and O–H groups in total. The summed E-state index contributed by atoms with van der Waals surface area (Å²) in [6.45, 7) is -0.173. The Kier molecular flexibility index (Phi) is 2.74. The van der Waals surface area contributed by atoms with E-state index in [2.05, 4.69) is 10.2 Å². The van der Waals surface area contributed by atoms with Gasteiger partial charge in [0.05, 0.1) is 11.7 Å². The van der Waals surface area contributed by atoms with Gasteiger partial charge in [-0.15, -0.1) is 0 Å². The number of fused-ring (bicyclic) bond motifs is 1. The monoisotopic (exact) mass is 243 g/mol. The molecule has 0 radical (unpaired) electrons. The minimum atomic E-state index is -4.85. The highest BCUT2D eigenvalue weighted by molar-refractivity contribution is 5.82. The zero-order chi connectivity index (χ0) is 12.5. The molecule has 7 heteroatoms. The second kappa shape index (κ2) is 4.08. The van der Waals surface area contributed by atoms with E-state index in [9.17, 15) is 18.0 Å². The normalized spacial score (nSPS) is 11.7. The Morgan fingerprint density at radius 2 is 2.18 bits per heavy atom. The average molecular weight is 243 g/mol. The molecule has 0 aliphatic heterocycles. The van der Waals surface area contributed by atoms with Crippen LogP contribution in [0.25, 0.3) is 10.9 Å². The summed E-state index contributed by atoms with van der Waals surface area (Å²) in [6, 6.07) is 4.99. The van der Waals surface area contributed by atoms with E-state index in [1.807, 2.05) is 0 Å². The highest BCUT2D eigenvalue weighted by Gasteiger charge is 2.38. The minimum absolute atomic E-state index is 0.173. The number of hydrogen-bond donors (Lipinski definition) is 2. The van der Waals surface area contributed by atoms with Crippen LogP contribution < -0.4 is 5.32 Å². The molecule has 0 unspecified atom stereocenters. The first-order chi connectivity index (χ1) is 7.97. The van der Waals surface area contributed by atoms with Crippen LogP contribution in [-0.4, -0.2) is 22.3 Å². The van der Waals surface area contributed by atoms with E-state index in [1.165, 1.54) is 0 Å². The fraction of sp³-hybridized carbons (Fsp3) is 0.200. The van der Waals surface area contributed by atoms with Crippen molar-refractivity contribution in [3.63, 3.8) is 0 Å². The van der Waals surface area contributed by atoms with Gasteiger partial charge in [-0.2, -0.15) is 18.3 Å². The van der Waals surface area contributed by atoms with Gasteiger partial charge in [-0.25, -0.2) is 0 Å². The molecule has 0 fully saturated rings. The lowest BCUT2D eigenvalue weighted by Gasteiger charge is -2.07. The molecular formula is C10H8F3N3O. The van der Waals surface area contributed by atoms with Gasteiger partial charge in [0.1, 0.15) is 0 Å². The zero-order valence-corrected chi connectivity index (χ0v) is 8.51. The number of alkyl halides is 3. The third-order valence-corrected chi connectivity index (χ3v) is 2.22. The van der Waals surface area contributed by atoms with E-state index in [1.54, 1.807) is 29.7 Å². The zero-order valence-electron chi connectivity index (χ0n) is 8.51. The van der Waals surface area contributed by atoms with E-state index in [4.69, 9.17) is 0 Å². The molecule has 1 heterocycles. The molecular weight excluding hydrogens is 235 g/mol. The van der Waals surface area contributed by atoms with E-state index in [0.717, 1.165) is 5.39 Å². The molecule has 1 aromatic heterocycles. The van der Waals surface area contributed by atoms with Crippen LogP contribution >= 0.6 is 0 Å². The van der Waals surface area contributed by atoms with Gasteiger partial charge in [-0.1, -0.05) is 12.1 Å². The molecule has 2 rings (SSSR count). The first-order valence-electron chi connectivity index (χ1n) is 4.74. The van der Waals surface area contributed by atoms with Crippen molar-refractivity contribution >= 4 is 16.8 Å². The maximum atomic E-state index is 11.9. The van der Waals surface area contributed by atoms with Crippen molar-refractivity contribution in [3.8, 4) is 0 Å². The van der Waals surface area contributed by atoms with Crippen LogP contribution in [0.5, 0.6) is 0 Å². The summed E-state index contributed by atoms with van der Waals surface area (Å²) in [7, 11) is 0. The van der Waals surface area contributed by atoms with Crippen LogP contribution in [-0.2, 0) is 11.3 Å². The Bertz CT molecular complexity index is 547. The number of nitrogens with zero attached hydrogens (tertiary/aromatic N) is 1. The Labute approximate surface area is 93.8 Å². The molecule has 0 atom stereocenters. The summed E-state index contributed by atoms with van der Waals surface area (Å²) >= 11 is 0. The van der Waals surface area contributed by atoms with Crippen molar-refractivity contribution in [3.05, 3.63) is 30.0 Å². The lowest BCUT2D eigenvalue weighted by atomic mass is 10.1. The molecule has 4 nitrogen and oxygen atoms in total. The summed E-state index contributed by atoms with van der Waals surface area (Å²) in [5, 5.41) is 9.13.